The van der Waals surface area contributed by atoms with Gasteiger partial charge in [-0.25, -0.2) is 0 Å². The molecular weight excluding hydrogens is 194 g/mol. The zero-order valence-corrected chi connectivity index (χ0v) is 9.29. The van der Waals surface area contributed by atoms with Crippen LogP contribution in [0.5, 0.6) is 0 Å². The average molecular weight is 213 g/mol. The minimum Gasteiger partial charge on any atom is -0.392 e. The zero-order valence-electron chi connectivity index (χ0n) is 9.29. The van der Waals surface area contributed by atoms with Crippen molar-refractivity contribution in [2.24, 2.45) is 5.92 Å². The molecule has 0 heterocycles. The Kier molecular flexibility index (Phi) is 7.60. The molecule has 0 fully saturated rings. The standard InChI is InChI=1S/C10H19N3O2/c1-8(2)5-9(14)6-12-7-10(15)13-4-3-11/h8-9,12,14H,4-7H2,1-2H3,(H,13,15). The van der Waals surface area contributed by atoms with E-state index in [1.54, 1.807) is 0 Å². The summed E-state index contributed by atoms with van der Waals surface area (Å²) in [5.74, 6) is 0.211. The van der Waals surface area contributed by atoms with Gasteiger partial charge in [-0.2, -0.15) is 5.26 Å². The number of nitriles is 1. The summed E-state index contributed by atoms with van der Waals surface area (Å²) in [6, 6.07) is 1.81. The van der Waals surface area contributed by atoms with Crippen molar-refractivity contribution in [3.05, 3.63) is 0 Å². The van der Waals surface area contributed by atoms with Gasteiger partial charge in [0.1, 0.15) is 6.54 Å². The molecule has 1 atom stereocenters. The predicted octanol–water partition coefficient (Wildman–Crippen LogP) is -0.377. The SMILES string of the molecule is CC(C)CC(O)CNCC(=O)NCC#N. The average Bonchev–Trinajstić information content (AvgIpc) is 2.13. The van der Waals surface area contributed by atoms with Gasteiger partial charge in [0.2, 0.25) is 5.91 Å². The van der Waals surface area contributed by atoms with E-state index in [-0.39, 0.29) is 19.0 Å². The van der Waals surface area contributed by atoms with Crippen molar-refractivity contribution < 1.29 is 9.90 Å². The highest BCUT2D eigenvalue weighted by Gasteiger charge is 2.07. The Balaban J connectivity index is 3.45. The lowest BCUT2D eigenvalue weighted by molar-refractivity contribution is -0.120. The molecule has 0 saturated heterocycles. The maximum Gasteiger partial charge on any atom is 0.234 e. The number of aliphatic hydroxyl groups is 1. The number of hydrogen-bond donors (Lipinski definition) is 3. The molecule has 3 N–H and O–H groups in total. The molecule has 0 aliphatic carbocycles. The molecule has 5 nitrogen and oxygen atoms in total. The first kappa shape index (κ1) is 13.9. The third kappa shape index (κ3) is 9.19. The molecule has 0 aromatic heterocycles. The molecule has 0 saturated carbocycles. The predicted molar refractivity (Wildman–Crippen MR) is 57.0 cm³/mol. The number of hydrogen-bond acceptors (Lipinski definition) is 4. The molecule has 15 heavy (non-hydrogen) atoms. The quantitative estimate of drug-likeness (QED) is 0.503. The number of nitrogens with one attached hydrogen (secondary N) is 2. The van der Waals surface area contributed by atoms with Gasteiger partial charge in [-0.1, -0.05) is 13.8 Å². The molecule has 0 rings (SSSR count). The summed E-state index contributed by atoms with van der Waals surface area (Å²) in [5, 5.41) is 22.9. The van der Waals surface area contributed by atoms with E-state index in [0.29, 0.717) is 18.9 Å². The molecular formula is C10H19N3O2. The first-order valence-corrected chi connectivity index (χ1v) is 5.08. The van der Waals surface area contributed by atoms with Crippen LogP contribution in [0.4, 0.5) is 0 Å². The summed E-state index contributed by atoms with van der Waals surface area (Å²) in [6.45, 7) is 4.62. The van der Waals surface area contributed by atoms with E-state index in [2.05, 4.69) is 10.6 Å². The van der Waals surface area contributed by atoms with E-state index in [0.717, 1.165) is 0 Å². The lowest BCUT2D eigenvalue weighted by Crippen LogP contribution is -2.37. The third-order valence-electron chi connectivity index (χ3n) is 1.77. The van der Waals surface area contributed by atoms with Crippen molar-refractivity contribution in [3.8, 4) is 6.07 Å². The molecule has 0 aromatic rings. The third-order valence-corrected chi connectivity index (χ3v) is 1.77. The smallest absolute Gasteiger partial charge is 0.234 e. The molecule has 0 aromatic carbocycles. The van der Waals surface area contributed by atoms with Gasteiger partial charge in [0, 0.05) is 6.54 Å². The van der Waals surface area contributed by atoms with E-state index in [1.165, 1.54) is 0 Å². The highest BCUT2D eigenvalue weighted by molar-refractivity contribution is 5.78. The van der Waals surface area contributed by atoms with Crippen molar-refractivity contribution in [1.82, 2.24) is 10.6 Å². The Hall–Kier alpha value is -1.12. The van der Waals surface area contributed by atoms with Gasteiger partial charge in [-0.15, -0.1) is 0 Å². The highest BCUT2D eigenvalue weighted by Crippen LogP contribution is 2.02. The van der Waals surface area contributed by atoms with Crippen LogP contribution >= 0.6 is 0 Å². The minimum absolute atomic E-state index is 0.0229. The monoisotopic (exact) mass is 213 g/mol. The van der Waals surface area contributed by atoms with E-state index < -0.39 is 6.10 Å². The minimum atomic E-state index is -0.422. The van der Waals surface area contributed by atoms with Crippen LogP contribution in [0.3, 0.4) is 0 Å². The number of amides is 1. The number of rotatable bonds is 7. The van der Waals surface area contributed by atoms with Gasteiger partial charge in [0.05, 0.1) is 18.7 Å². The second kappa shape index (κ2) is 8.21. The molecule has 0 radical (unpaired) electrons. The van der Waals surface area contributed by atoms with E-state index in [4.69, 9.17) is 5.26 Å². The Morgan fingerprint density at radius 2 is 2.20 bits per heavy atom. The van der Waals surface area contributed by atoms with Crippen LogP contribution in [0.2, 0.25) is 0 Å². The van der Waals surface area contributed by atoms with Gasteiger partial charge in [-0.05, 0) is 12.3 Å². The second-order valence-corrected chi connectivity index (χ2v) is 3.85. The van der Waals surface area contributed by atoms with Crippen LogP contribution in [-0.4, -0.2) is 36.8 Å². The first-order chi connectivity index (χ1) is 7.06. The normalized spacial score (nSPS) is 12.2. The fraction of sp³-hybridized carbons (Fsp3) is 0.800. The Bertz CT molecular complexity index is 223. The second-order valence-electron chi connectivity index (χ2n) is 3.85. The van der Waals surface area contributed by atoms with Crippen molar-refractivity contribution >= 4 is 5.91 Å². The van der Waals surface area contributed by atoms with Gasteiger partial charge < -0.3 is 15.7 Å². The summed E-state index contributed by atoms with van der Waals surface area (Å²) in [7, 11) is 0. The van der Waals surface area contributed by atoms with Crippen LogP contribution < -0.4 is 10.6 Å². The van der Waals surface area contributed by atoms with Gasteiger partial charge in [0.25, 0.3) is 0 Å². The van der Waals surface area contributed by atoms with Crippen molar-refractivity contribution in [2.45, 2.75) is 26.4 Å². The van der Waals surface area contributed by atoms with E-state index in [1.807, 2.05) is 19.9 Å². The maximum absolute atomic E-state index is 11.0. The lowest BCUT2D eigenvalue weighted by atomic mass is 10.1. The summed E-state index contributed by atoms with van der Waals surface area (Å²) in [4.78, 5) is 11.0. The number of aliphatic hydroxyl groups excluding tert-OH is 1. The Morgan fingerprint density at radius 1 is 1.53 bits per heavy atom. The molecule has 1 amide bonds. The first-order valence-electron chi connectivity index (χ1n) is 5.08. The van der Waals surface area contributed by atoms with E-state index >= 15 is 0 Å². The van der Waals surface area contributed by atoms with Crippen LogP contribution in [0.1, 0.15) is 20.3 Å². The molecule has 0 bridgehead atoms. The van der Waals surface area contributed by atoms with Gasteiger partial charge >= 0.3 is 0 Å². The van der Waals surface area contributed by atoms with Crippen LogP contribution in [0, 0.1) is 17.2 Å². The molecule has 0 aliphatic rings. The number of carbonyl (C=O) groups excluding carboxylic acids is 1. The summed E-state index contributed by atoms with van der Waals surface area (Å²) < 4.78 is 0. The number of nitrogens with zero attached hydrogens (tertiary/aromatic N) is 1. The largest absolute Gasteiger partial charge is 0.392 e. The fourth-order valence-electron chi connectivity index (χ4n) is 1.18. The summed E-state index contributed by atoms with van der Waals surface area (Å²) in [6.07, 6.45) is 0.293. The maximum atomic E-state index is 11.0. The topological polar surface area (TPSA) is 85.2 Å². The number of carbonyl (C=O) groups is 1. The highest BCUT2D eigenvalue weighted by atomic mass is 16.3. The molecule has 0 aliphatic heterocycles. The zero-order chi connectivity index (χ0) is 11.7. The summed E-state index contributed by atoms with van der Waals surface area (Å²) >= 11 is 0. The molecule has 86 valence electrons. The van der Waals surface area contributed by atoms with Crippen molar-refractivity contribution in [1.29, 1.82) is 5.26 Å². The fourth-order valence-corrected chi connectivity index (χ4v) is 1.18. The van der Waals surface area contributed by atoms with Gasteiger partial charge in [-0.3, -0.25) is 4.79 Å². The summed E-state index contributed by atoms with van der Waals surface area (Å²) in [5.41, 5.74) is 0. The van der Waals surface area contributed by atoms with Crippen LogP contribution in [0.15, 0.2) is 0 Å². The molecule has 0 spiro atoms. The van der Waals surface area contributed by atoms with Crippen molar-refractivity contribution in [3.63, 3.8) is 0 Å². The molecule has 5 heteroatoms. The van der Waals surface area contributed by atoms with E-state index in [9.17, 15) is 9.90 Å². The Labute approximate surface area is 90.5 Å². The van der Waals surface area contributed by atoms with Gasteiger partial charge in [0.15, 0.2) is 0 Å². The molecule has 1 unspecified atom stereocenters. The van der Waals surface area contributed by atoms with Crippen LogP contribution in [0.25, 0.3) is 0 Å². The lowest BCUT2D eigenvalue weighted by Gasteiger charge is -2.13. The Morgan fingerprint density at radius 3 is 2.73 bits per heavy atom. The van der Waals surface area contributed by atoms with Crippen LogP contribution in [-0.2, 0) is 4.79 Å². The van der Waals surface area contributed by atoms with Crippen molar-refractivity contribution in [2.75, 3.05) is 19.6 Å².